The molecule has 0 unspecified atom stereocenters. The molecule has 0 radical (unpaired) electrons. The highest BCUT2D eigenvalue weighted by Crippen LogP contribution is 2.27. The normalized spacial score (nSPS) is 14.6. The SMILES string of the molecule is CC.CC(Cl)Cl.c1ccc(CC2CCCC2)cc1. The second-order valence-corrected chi connectivity index (χ2v) is 5.89. The molecule has 1 fully saturated rings. The maximum atomic E-state index is 5.04. The highest BCUT2D eigenvalue weighted by molar-refractivity contribution is 6.43. The third-order valence-electron chi connectivity index (χ3n) is 2.84. The lowest BCUT2D eigenvalue weighted by Gasteiger charge is -2.07. The molecule has 0 spiro atoms. The first kappa shape index (κ1) is 17.8. The molecule has 0 amide bonds. The zero-order valence-corrected chi connectivity index (χ0v) is 13.3. The number of alkyl halides is 2. The van der Waals surface area contributed by atoms with E-state index in [1.807, 2.05) is 13.8 Å². The van der Waals surface area contributed by atoms with E-state index in [2.05, 4.69) is 30.3 Å². The summed E-state index contributed by atoms with van der Waals surface area (Å²) in [4.78, 5) is -0.222. The fourth-order valence-corrected chi connectivity index (χ4v) is 2.16. The van der Waals surface area contributed by atoms with Crippen molar-refractivity contribution in [2.75, 3.05) is 0 Å². The van der Waals surface area contributed by atoms with Gasteiger partial charge in [0.2, 0.25) is 0 Å². The smallest absolute Gasteiger partial charge is 0.105 e. The van der Waals surface area contributed by atoms with E-state index in [0.717, 1.165) is 5.92 Å². The van der Waals surface area contributed by atoms with E-state index in [1.165, 1.54) is 37.7 Å². The average molecular weight is 289 g/mol. The molecule has 0 nitrogen and oxygen atoms in total. The van der Waals surface area contributed by atoms with E-state index in [9.17, 15) is 0 Å². The molecule has 0 aliphatic heterocycles. The maximum absolute atomic E-state index is 5.04. The fraction of sp³-hybridized carbons (Fsp3) is 0.625. The van der Waals surface area contributed by atoms with Crippen molar-refractivity contribution < 1.29 is 0 Å². The van der Waals surface area contributed by atoms with Gasteiger partial charge >= 0.3 is 0 Å². The minimum atomic E-state index is -0.222. The summed E-state index contributed by atoms with van der Waals surface area (Å²) in [5, 5.41) is 0. The van der Waals surface area contributed by atoms with Crippen LogP contribution in [0, 0.1) is 5.92 Å². The molecular formula is C16H26Cl2. The van der Waals surface area contributed by atoms with Crippen LogP contribution < -0.4 is 0 Å². The van der Waals surface area contributed by atoms with Crippen LogP contribution in [0.2, 0.25) is 0 Å². The first-order valence-corrected chi connectivity index (χ1v) is 7.88. The van der Waals surface area contributed by atoms with Crippen molar-refractivity contribution in [1.82, 2.24) is 0 Å². The fourth-order valence-electron chi connectivity index (χ4n) is 2.16. The molecule has 18 heavy (non-hydrogen) atoms. The van der Waals surface area contributed by atoms with E-state index >= 15 is 0 Å². The molecule has 1 saturated carbocycles. The molecule has 0 N–H and O–H groups in total. The predicted octanol–water partition coefficient (Wildman–Crippen LogP) is 6.26. The Bertz CT molecular complexity index is 261. The molecule has 1 aromatic carbocycles. The van der Waals surface area contributed by atoms with Crippen LogP contribution in [-0.2, 0) is 6.42 Å². The highest BCUT2D eigenvalue weighted by Gasteiger charge is 2.14. The number of halogens is 2. The van der Waals surface area contributed by atoms with Gasteiger partial charge in [-0.15, -0.1) is 23.2 Å². The second kappa shape index (κ2) is 11.9. The molecule has 2 rings (SSSR count). The Balaban J connectivity index is 0.000000415. The van der Waals surface area contributed by atoms with Gasteiger partial charge in [0.25, 0.3) is 0 Å². The Morgan fingerprint density at radius 1 is 1.06 bits per heavy atom. The third-order valence-corrected chi connectivity index (χ3v) is 2.84. The van der Waals surface area contributed by atoms with Crippen molar-refractivity contribution in [3.05, 3.63) is 35.9 Å². The Morgan fingerprint density at radius 3 is 1.94 bits per heavy atom. The molecule has 0 aromatic heterocycles. The molecule has 0 atom stereocenters. The summed E-state index contributed by atoms with van der Waals surface area (Å²) in [6.07, 6.45) is 7.12. The van der Waals surface area contributed by atoms with Crippen molar-refractivity contribution >= 4 is 23.2 Å². The van der Waals surface area contributed by atoms with Gasteiger partial charge < -0.3 is 0 Å². The molecule has 0 bridgehead atoms. The highest BCUT2D eigenvalue weighted by atomic mass is 35.5. The van der Waals surface area contributed by atoms with E-state index < -0.39 is 0 Å². The Hall–Kier alpha value is -0.200. The van der Waals surface area contributed by atoms with Gasteiger partial charge in [0.1, 0.15) is 4.84 Å². The van der Waals surface area contributed by atoms with Gasteiger partial charge in [0.15, 0.2) is 0 Å². The van der Waals surface area contributed by atoms with E-state index in [-0.39, 0.29) is 4.84 Å². The summed E-state index contributed by atoms with van der Waals surface area (Å²) in [6, 6.07) is 10.9. The lowest BCUT2D eigenvalue weighted by atomic mass is 9.98. The lowest BCUT2D eigenvalue weighted by molar-refractivity contribution is 0.546. The van der Waals surface area contributed by atoms with Gasteiger partial charge in [-0.05, 0) is 24.8 Å². The van der Waals surface area contributed by atoms with Crippen LogP contribution in [0.1, 0.15) is 52.0 Å². The number of rotatable bonds is 2. The third kappa shape index (κ3) is 9.79. The summed E-state index contributed by atoms with van der Waals surface area (Å²) < 4.78 is 0. The first-order valence-electron chi connectivity index (χ1n) is 7.00. The zero-order chi connectivity index (χ0) is 13.8. The Kier molecular flexibility index (Phi) is 11.7. The first-order chi connectivity index (χ1) is 8.68. The van der Waals surface area contributed by atoms with Gasteiger partial charge in [-0.2, -0.15) is 0 Å². The molecule has 2 heteroatoms. The molecule has 104 valence electrons. The quantitative estimate of drug-likeness (QED) is 0.564. The van der Waals surface area contributed by atoms with Gasteiger partial charge in [0.05, 0.1) is 0 Å². The number of hydrogen-bond donors (Lipinski definition) is 0. The summed E-state index contributed by atoms with van der Waals surface area (Å²) in [5.41, 5.74) is 1.52. The van der Waals surface area contributed by atoms with Crippen LogP contribution in [-0.4, -0.2) is 4.84 Å². The maximum Gasteiger partial charge on any atom is 0.105 e. The van der Waals surface area contributed by atoms with Crippen LogP contribution in [0.25, 0.3) is 0 Å². The van der Waals surface area contributed by atoms with Crippen molar-refractivity contribution in [3.8, 4) is 0 Å². The van der Waals surface area contributed by atoms with Gasteiger partial charge in [-0.1, -0.05) is 69.9 Å². The monoisotopic (exact) mass is 288 g/mol. The van der Waals surface area contributed by atoms with Crippen molar-refractivity contribution in [3.63, 3.8) is 0 Å². The number of hydrogen-bond acceptors (Lipinski definition) is 0. The molecule has 1 aliphatic carbocycles. The van der Waals surface area contributed by atoms with Crippen molar-refractivity contribution in [2.24, 2.45) is 5.92 Å². The van der Waals surface area contributed by atoms with E-state index in [4.69, 9.17) is 23.2 Å². The van der Waals surface area contributed by atoms with Gasteiger partial charge in [-0.3, -0.25) is 0 Å². The average Bonchev–Trinajstić information content (AvgIpc) is 2.85. The number of benzene rings is 1. The molecule has 0 saturated heterocycles. The molecule has 0 heterocycles. The van der Waals surface area contributed by atoms with Crippen LogP contribution in [0.4, 0.5) is 0 Å². The summed E-state index contributed by atoms with van der Waals surface area (Å²) in [7, 11) is 0. The van der Waals surface area contributed by atoms with Crippen LogP contribution in [0.3, 0.4) is 0 Å². The van der Waals surface area contributed by atoms with Crippen LogP contribution in [0.5, 0.6) is 0 Å². The Labute approximate surface area is 123 Å². The van der Waals surface area contributed by atoms with Gasteiger partial charge in [0, 0.05) is 0 Å². The summed E-state index contributed by atoms with van der Waals surface area (Å²) >= 11 is 10.1. The van der Waals surface area contributed by atoms with E-state index in [0.29, 0.717) is 0 Å². The minimum Gasteiger partial charge on any atom is -0.106 e. The molecule has 1 aromatic rings. The van der Waals surface area contributed by atoms with Crippen molar-refractivity contribution in [2.45, 2.75) is 57.7 Å². The second-order valence-electron chi connectivity index (χ2n) is 4.36. The van der Waals surface area contributed by atoms with Crippen molar-refractivity contribution in [1.29, 1.82) is 0 Å². The Morgan fingerprint density at radius 2 is 1.50 bits per heavy atom. The minimum absolute atomic E-state index is 0.222. The summed E-state index contributed by atoms with van der Waals surface area (Å²) in [5.74, 6) is 0.979. The van der Waals surface area contributed by atoms with E-state index in [1.54, 1.807) is 6.92 Å². The van der Waals surface area contributed by atoms with Gasteiger partial charge in [-0.25, -0.2) is 0 Å². The topological polar surface area (TPSA) is 0 Å². The van der Waals surface area contributed by atoms with Crippen LogP contribution in [0.15, 0.2) is 30.3 Å². The predicted molar refractivity (Wildman–Crippen MR) is 84.6 cm³/mol. The molecule has 1 aliphatic rings. The zero-order valence-electron chi connectivity index (χ0n) is 11.8. The summed E-state index contributed by atoms with van der Waals surface area (Å²) in [6.45, 7) is 5.70. The largest absolute Gasteiger partial charge is 0.106 e. The standard InChI is InChI=1S/C12H16.C2H4Cl2.C2H6/c1-2-6-11(7-3-1)10-12-8-4-5-9-12;1-2(3)4;1-2/h1-3,6-7,12H,4-5,8-10H2;2H,1H3;1-2H3. The molecular weight excluding hydrogens is 263 g/mol. The lowest BCUT2D eigenvalue weighted by Crippen LogP contribution is -1.97. The van der Waals surface area contributed by atoms with Crippen LogP contribution >= 0.6 is 23.2 Å².